The van der Waals surface area contributed by atoms with Crippen LogP contribution < -0.4 is 10.0 Å². The monoisotopic (exact) mass is 295 g/mol. The summed E-state index contributed by atoms with van der Waals surface area (Å²) in [7, 11) is -3.92. The highest BCUT2D eigenvalue weighted by atomic mass is 32.2. The van der Waals surface area contributed by atoms with Crippen LogP contribution in [0.1, 0.15) is 6.92 Å². The fourth-order valence-electron chi connectivity index (χ4n) is 1.85. The molecule has 1 aromatic carbocycles. The van der Waals surface area contributed by atoms with Gasteiger partial charge in [0, 0.05) is 18.9 Å². The molecule has 1 aromatic heterocycles. The second-order valence-electron chi connectivity index (χ2n) is 4.06. The molecule has 0 unspecified atom stereocenters. The van der Waals surface area contributed by atoms with Gasteiger partial charge in [0.15, 0.2) is 0 Å². The van der Waals surface area contributed by atoms with Crippen molar-refractivity contribution in [1.29, 1.82) is 0 Å². The SMILES string of the molecule is CCN(c1ccncc1)S(=O)(=O)c1cc(F)ccc1N. The summed E-state index contributed by atoms with van der Waals surface area (Å²) in [5, 5.41) is 0. The van der Waals surface area contributed by atoms with E-state index < -0.39 is 15.8 Å². The lowest BCUT2D eigenvalue weighted by atomic mass is 10.3. The first-order valence-corrected chi connectivity index (χ1v) is 7.38. The van der Waals surface area contributed by atoms with Gasteiger partial charge in [-0.2, -0.15) is 0 Å². The molecule has 2 aromatic rings. The quantitative estimate of drug-likeness (QED) is 0.875. The summed E-state index contributed by atoms with van der Waals surface area (Å²) < 4.78 is 39.6. The average Bonchev–Trinajstić information content (AvgIpc) is 2.43. The van der Waals surface area contributed by atoms with Crippen molar-refractivity contribution >= 4 is 21.4 Å². The molecule has 5 nitrogen and oxygen atoms in total. The summed E-state index contributed by atoms with van der Waals surface area (Å²) in [5.41, 5.74) is 6.12. The van der Waals surface area contributed by atoms with Crippen LogP contribution in [0.3, 0.4) is 0 Å². The number of rotatable bonds is 4. The lowest BCUT2D eigenvalue weighted by Crippen LogP contribution is -2.31. The van der Waals surface area contributed by atoms with Crippen LogP contribution in [0.5, 0.6) is 0 Å². The number of nitrogen functional groups attached to an aromatic ring is 1. The molecule has 0 radical (unpaired) electrons. The fourth-order valence-corrected chi connectivity index (χ4v) is 3.46. The summed E-state index contributed by atoms with van der Waals surface area (Å²) >= 11 is 0. The minimum Gasteiger partial charge on any atom is -0.398 e. The Morgan fingerprint density at radius 2 is 1.90 bits per heavy atom. The second kappa shape index (κ2) is 5.46. The van der Waals surface area contributed by atoms with Crippen molar-refractivity contribution in [3.8, 4) is 0 Å². The topological polar surface area (TPSA) is 76.3 Å². The molecule has 0 aliphatic rings. The Labute approximate surface area is 116 Å². The van der Waals surface area contributed by atoms with Crippen molar-refractivity contribution in [1.82, 2.24) is 4.98 Å². The summed E-state index contributed by atoms with van der Waals surface area (Å²) in [4.78, 5) is 3.60. The van der Waals surface area contributed by atoms with Crippen LogP contribution in [0.4, 0.5) is 15.8 Å². The molecule has 7 heteroatoms. The lowest BCUT2D eigenvalue weighted by molar-refractivity contribution is 0.587. The van der Waals surface area contributed by atoms with E-state index in [4.69, 9.17) is 5.73 Å². The van der Waals surface area contributed by atoms with E-state index in [2.05, 4.69) is 4.98 Å². The van der Waals surface area contributed by atoms with E-state index in [1.54, 1.807) is 19.1 Å². The zero-order valence-corrected chi connectivity index (χ0v) is 11.6. The number of hydrogen-bond acceptors (Lipinski definition) is 4. The van der Waals surface area contributed by atoms with Gasteiger partial charge in [-0.25, -0.2) is 12.8 Å². The van der Waals surface area contributed by atoms with Crippen LogP contribution in [0.25, 0.3) is 0 Å². The van der Waals surface area contributed by atoms with Crippen LogP contribution in [-0.4, -0.2) is 19.9 Å². The molecule has 2 N–H and O–H groups in total. The van der Waals surface area contributed by atoms with Crippen LogP contribution in [0.15, 0.2) is 47.6 Å². The van der Waals surface area contributed by atoms with E-state index in [0.29, 0.717) is 5.69 Å². The first-order valence-electron chi connectivity index (χ1n) is 5.94. The van der Waals surface area contributed by atoms with Gasteiger partial charge in [-0.15, -0.1) is 0 Å². The van der Waals surface area contributed by atoms with Gasteiger partial charge in [0.1, 0.15) is 10.7 Å². The standard InChI is InChI=1S/C13H14FN3O2S/c1-2-17(11-5-7-16-8-6-11)20(18,19)13-9-10(14)3-4-12(13)15/h3-9H,2,15H2,1H3. The smallest absolute Gasteiger partial charge is 0.266 e. The molecule has 0 bridgehead atoms. The van der Waals surface area contributed by atoms with Crippen molar-refractivity contribution < 1.29 is 12.8 Å². The Bertz CT molecular complexity index is 705. The molecule has 0 spiro atoms. The number of sulfonamides is 1. The van der Waals surface area contributed by atoms with Crippen molar-refractivity contribution in [2.75, 3.05) is 16.6 Å². The third-order valence-corrected chi connectivity index (χ3v) is 4.74. The number of anilines is 2. The summed E-state index contributed by atoms with van der Waals surface area (Å²) in [6, 6.07) is 6.42. The number of nitrogens with two attached hydrogens (primary N) is 1. The van der Waals surface area contributed by atoms with E-state index in [9.17, 15) is 12.8 Å². The summed E-state index contributed by atoms with van der Waals surface area (Å²) in [5.74, 6) is -0.649. The molecule has 0 fully saturated rings. The largest absolute Gasteiger partial charge is 0.398 e. The van der Waals surface area contributed by atoms with Crippen molar-refractivity contribution in [3.63, 3.8) is 0 Å². The predicted molar refractivity (Wildman–Crippen MR) is 75.3 cm³/mol. The molecule has 106 valence electrons. The Hall–Kier alpha value is -2.15. The maximum absolute atomic E-state index is 13.3. The number of benzene rings is 1. The number of pyridine rings is 1. The molecule has 20 heavy (non-hydrogen) atoms. The molecular formula is C13H14FN3O2S. The number of hydrogen-bond donors (Lipinski definition) is 1. The first-order chi connectivity index (χ1) is 9.46. The normalized spacial score (nSPS) is 11.3. The van der Waals surface area contributed by atoms with Gasteiger partial charge >= 0.3 is 0 Å². The van der Waals surface area contributed by atoms with E-state index in [1.165, 1.54) is 18.5 Å². The van der Waals surface area contributed by atoms with Gasteiger partial charge in [0.05, 0.1) is 11.4 Å². The molecule has 0 aliphatic carbocycles. The highest BCUT2D eigenvalue weighted by Crippen LogP contribution is 2.27. The highest BCUT2D eigenvalue weighted by Gasteiger charge is 2.26. The van der Waals surface area contributed by atoms with Gasteiger partial charge < -0.3 is 5.73 Å². The Morgan fingerprint density at radius 1 is 1.25 bits per heavy atom. The molecule has 0 amide bonds. The maximum atomic E-state index is 13.3. The van der Waals surface area contributed by atoms with Gasteiger partial charge in [-0.1, -0.05) is 0 Å². The maximum Gasteiger partial charge on any atom is 0.266 e. The van der Waals surface area contributed by atoms with Gasteiger partial charge in [0.25, 0.3) is 10.0 Å². The highest BCUT2D eigenvalue weighted by molar-refractivity contribution is 7.93. The third-order valence-electron chi connectivity index (χ3n) is 2.78. The average molecular weight is 295 g/mol. The molecule has 2 rings (SSSR count). The van der Waals surface area contributed by atoms with E-state index in [0.717, 1.165) is 16.4 Å². The van der Waals surface area contributed by atoms with Crippen LogP contribution in [0.2, 0.25) is 0 Å². The number of aromatic nitrogens is 1. The lowest BCUT2D eigenvalue weighted by Gasteiger charge is -2.23. The van der Waals surface area contributed by atoms with Crippen molar-refractivity contribution in [3.05, 3.63) is 48.5 Å². The van der Waals surface area contributed by atoms with E-state index in [1.807, 2.05) is 0 Å². The molecule has 1 heterocycles. The molecule has 0 saturated heterocycles. The Kier molecular flexibility index (Phi) is 3.89. The zero-order valence-electron chi connectivity index (χ0n) is 10.8. The number of nitrogens with zero attached hydrogens (tertiary/aromatic N) is 2. The molecule has 0 atom stereocenters. The van der Waals surface area contributed by atoms with Gasteiger partial charge in [-0.3, -0.25) is 9.29 Å². The van der Waals surface area contributed by atoms with Crippen molar-refractivity contribution in [2.45, 2.75) is 11.8 Å². The Morgan fingerprint density at radius 3 is 2.50 bits per heavy atom. The second-order valence-corrected chi connectivity index (χ2v) is 5.89. The van der Waals surface area contributed by atoms with Crippen LogP contribution in [-0.2, 0) is 10.0 Å². The Balaban J connectivity index is 2.56. The fraction of sp³-hybridized carbons (Fsp3) is 0.154. The van der Waals surface area contributed by atoms with Crippen molar-refractivity contribution in [2.24, 2.45) is 0 Å². The zero-order chi connectivity index (χ0) is 14.8. The number of halogens is 1. The summed E-state index contributed by atoms with van der Waals surface area (Å²) in [6.45, 7) is 1.88. The molecule has 0 saturated carbocycles. The third kappa shape index (κ3) is 2.57. The predicted octanol–water partition coefficient (Wildman–Crippen LogP) is 2.02. The van der Waals surface area contributed by atoms with Crippen LogP contribution >= 0.6 is 0 Å². The van der Waals surface area contributed by atoms with Crippen LogP contribution in [0, 0.1) is 5.82 Å². The minimum atomic E-state index is -3.92. The first kappa shape index (κ1) is 14.3. The van der Waals surface area contributed by atoms with Gasteiger partial charge in [-0.05, 0) is 37.3 Å². The van der Waals surface area contributed by atoms with E-state index >= 15 is 0 Å². The van der Waals surface area contributed by atoms with E-state index in [-0.39, 0.29) is 17.1 Å². The summed E-state index contributed by atoms with van der Waals surface area (Å²) in [6.07, 6.45) is 2.98. The molecular weight excluding hydrogens is 281 g/mol. The minimum absolute atomic E-state index is 0.0129. The molecule has 0 aliphatic heterocycles. The van der Waals surface area contributed by atoms with Gasteiger partial charge in [0.2, 0.25) is 0 Å².